The summed E-state index contributed by atoms with van der Waals surface area (Å²) in [5.41, 5.74) is 5.57. The van der Waals surface area contributed by atoms with Gasteiger partial charge in [0, 0.05) is 12.6 Å². The zero-order valence-corrected chi connectivity index (χ0v) is 9.25. The number of aliphatic imine (C=N–C) groups is 1. The van der Waals surface area contributed by atoms with Crippen LogP contribution in [0, 0.1) is 0 Å². The molecule has 1 saturated carbocycles. The van der Waals surface area contributed by atoms with E-state index in [0.29, 0.717) is 12.0 Å². The molecule has 15 heavy (non-hydrogen) atoms. The van der Waals surface area contributed by atoms with Gasteiger partial charge in [-0.05, 0) is 19.3 Å². The molecule has 1 aliphatic carbocycles. The Kier molecular flexibility index (Phi) is 4.93. The molecule has 0 bridgehead atoms. The molecule has 0 radical (unpaired) electrons. The summed E-state index contributed by atoms with van der Waals surface area (Å²) in [5.74, 6) is 0.312. The predicted octanol–water partition coefficient (Wildman–Crippen LogP) is -0.0306. The molecule has 0 atom stereocenters. The van der Waals surface area contributed by atoms with Crippen LogP contribution in [-0.2, 0) is 4.79 Å². The normalized spacial score (nSPS) is 16.2. The number of unbranched alkanes of at least 4 members (excludes halogenated alkanes) is 1. The van der Waals surface area contributed by atoms with E-state index in [1.807, 2.05) is 0 Å². The fourth-order valence-corrected chi connectivity index (χ4v) is 1.11. The summed E-state index contributed by atoms with van der Waals surface area (Å²) in [6, 6.07) is 0.391. The second-order valence-corrected chi connectivity index (χ2v) is 3.82. The molecule has 86 valence electrons. The van der Waals surface area contributed by atoms with Crippen molar-refractivity contribution in [2.75, 3.05) is 13.1 Å². The van der Waals surface area contributed by atoms with Crippen molar-refractivity contribution in [1.82, 2.24) is 10.6 Å². The van der Waals surface area contributed by atoms with Gasteiger partial charge >= 0.3 is 0 Å². The summed E-state index contributed by atoms with van der Waals surface area (Å²) in [7, 11) is 0. The number of carbonyl (C=O) groups excluding carboxylic acids is 1. The van der Waals surface area contributed by atoms with Crippen molar-refractivity contribution in [2.24, 2.45) is 10.7 Å². The maximum atomic E-state index is 11.2. The zero-order valence-electron chi connectivity index (χ0n) is 9.25. The molecule has 1 rings (SSSR count). The van der Waals surface area contributed by atoms with Crippen LogP contribution < -0.4 is 16.4 Å². The number of rotatable bonds is 6. The average Bonchev–Trinajstić information content (AvgIpc) is 2.99. The lowest BCUT2D eigenvalue weighted by atomic mass is 10.3. The Morgan fingerprint density at radius 3 is 2.87 bits per heavy atom. The van der Waals surface area contributed by atoms with Gasteiger partial charge in [-0.3, -0.25) is 4.79 Å². The van der Waals surface area contributed by atoms with Crippen molar-refractivity contribution in [2.45, 2.75) is 38.6 Å². The highest BCUT2D eigenvalue weighted by Crippen LogP contribution is 2.18. The van der Waals surface area contributed by atoms with Gasteiger partial charge in [0.05, 0.1) is 0 Å². The Morgan fingerprint density at radius 2 is 2.27 bits per heavy atom. The lowest BCUT2D eigenvalue weighted by molar-refractivity contribution is -0.119. The second-order valence-electron chi connectivity index (χ2n) is 3.82. The molecule has 0 aromatic rings. The summed E-state index contributed by atoms with van der Waals surface area (Å²) in [5, 5.41) is 5.80. The fourth-order valence-electron chi connectivity index (χ4n) is 1.11. The van der Waals surface area contributed by atoms with Gasteiger partial charge < -0.3 is 16.4 Å². The molecule has 0 aromatic carbocycles. The molecule has 0 heterocycles. The van der Waals surface area contributed by atoms with Crippen LogP contribution >= 0.6 is 0 Å². The molecular formula is C10H20N4O. The minimum Gasteiger partial charge on any atom is -0.370 e. The van der Waals surface area contributed by atoms with E-state index in [0.717, 1.165) is 32.2 Å². The topological polar surface area (TPSA) is 79.5 Å². The Morgan fingerprint density at radius 1 is 1.53 bits per heavy atom. The molecule has 0 aliphatic heterocycles. The van der Waals surface area contributed by atoms with Crippen LogP contribution in [0.5, 0.6) is 0 Å². The third-order valence-corrected chi connectivity index (χ3v) is 2.17. The smallest absolute Gasteiger partial charge is 0.242 e. The highest BCUT2D eigenvalue weighted by Gasteiger charge is 2.22. The van der Waals surface area contributed by atoms with Gasteiger partial charge in [-0.2, -0.15) is 0 Å². The lowest BCUT2D eigenvalue weighted by Gasteiger charge is -2.04. The molecule has 1 aliphatic rings. The fraction of sp³-hybridized carbons (Fsp3) is 0.800. The highest BCUT2D eigenvalue weighted by atomic mass is 16.1. The number of hydrogen-bond acceptors (Lipinski definition) is 2. The molecule has 5 heteroatoms. The Balaban J connectivity index is 2.08. The summed E-state index contributed by atoms with van der Waals surface area (Å²) in [4.78, 5) is 15.2. The van der Waals surface area contributed by atoms with Gasteiger partial charge in [0.15, 0.2) is 5.96 Å². The average molecular weight is 212 g/mol. The van der Waals surface area contributed by atoms with Crippen LogP contribution in [0.3, 0.4) is 0 Å². The summed E-state index contributed by atoms with van der Waals surface area (Å²) < 4.78 is 0. The summed E-state index contributed by atoms with van der Waals surface area (Å²) in [6.07, 6.45) is 4.37. The van der Waals surface area contributed by atoms with E-state index in [1.165, 1.54) is 0 Å². The SMILES string of the molecule is CCCCNC(N)=NCC(=O)NC1CC1. The van der Waals surface area contributed by atoms with E-state index in [2.05, 4.69) is 22.5 Å². The van der Waals surface area contributed by atoms with Crippen LogP contribution in [0.15, 0.2) is 4.99 Å². The molecule has 1 amide bonds. The summed E-state index contributed by atoms with van der Waals surface area (Å²) >= 11 is 0. The quantitative estimate of drug-likeness (QED) is 0.328. The maximum absolute atomic E-state index is 11.2. The zero-order chi connectivity index (χ0) is 11.1. The number of hydrogen-bond donors (Lipinski definition) is 3. The largest absolute Gasteiger partial charge is 0.370 e. The first-order valence-electron chi connectivity index (χ1n) is 5.55. The minimum atomic E-state index is -0.0438. The first kappa shape index (κ1) is 11.8. The van der Waals surface area contributed by atoms with Crippen LogP contribution in [0.25, 0.3) is 0 Å². The van der Waals surface area contributed by atoms with Gasteiger partial charge in [0.25, 0.3) is 0 Å². The molecule has 4 N–H and O–H groups in total. The number of nitrogens with zero attached hydrogens (tertiary/aromatic N) is 1. The number of nitrogens with one attached hydrogen (secondary N) is 2. The van der Waals surface area contributed by atoms with E-state index in [-0.39, 0.29) is 12.5 Å². The van der Waals surface area contributed by atoms with Crippen molar-refractivity contribution < 1.29 is 4.79 Å². The van der Waals surface area contributed by atoms with E-state index in [9.17, 15) is 4.79 Å². The third kappa shape index (κ3) is 5.93. The van der Waals surface area contributed by atoms with E-state index in [4.69, 9.17) is 5.73 Å². The van der Waals surface area contributed by atoms with Crippen molar-refractivity contribution >= 4 is 11.9 Å². The van der Waals surface area contributed by atoms with Gasteiger partial charge in [0.1, 0.15) is 6.54 Å². The van der Waals surface area contributed by atoms with Gasteiger partial charge in [-0.15, -0.1) is 0 Å². The monoisotopic (exact) mass is 212 g/mol. The maximum Gasteiger partial charge on any atom is 0.242 e. The van der Waals surface area contributed by atoms with Crippen LogP contribution in [0.2, 0.25) is 0 Å². The molecule has 1 fully saturated rings. The van der Waals surface area contributed by atoms with E-state index in [1.54, 1.807) is 0 Å². The van der Waals surface area contributed by atoms with E-state index < -0.39 is 0 Å². The molecule has 5 nitrogen and oxygen atoms in total. The van der Waals surface area contributed by atoms with E-state index >= 15 is 0 Å². The second kappa shape index (κ2) is 6.27. The Bertz CT molecular complexity index is 236. The predicted molar refractivity (Wildman–Crippen MR) is 60.6 cm³/mol. The summed E-state index contributed by atoms with van der Waals surface area (Å²) in [6.45, 7) is 3.05. The number of guanidine groups is 1. The standard InChI is InChI=1S/C10H20N4O/c1-2-3-6-12-10(11)13-7-9(15)14-8-4-5-8/h8H,2-7H2,1H3,(H,14,15)(H3,11,12,13). The number of carbonyl (C=O) groups is 1. The molecular weight excluding hydrogens is 192 g/mol. The molecule has 0 aromatic heterocycles. The lowest BCUT2D eigenvalue weighted by Crippen LogP contribution is -2.34. The van der Waals surface area contributed by atoms with Crippen LogP contribution in [0.4, 0.5) is 0 Å². The van der Waals surface area contributed by atoms with Crippen LogP contribution in [-0.4, -0.2) is 31.0 Å². The van der Waals surface area contributed by atoms with Crippen molar-refractivity contribution in [3.05, 3.63) is 0 Å². The van der Waals surface area contributed by atoms with Gasteiger partial charge in [0.2, 0.25) is 5.91 Å². The molecule has 0 unspecified atom stereocenters. The number of nitrogens with two attached hydrogens (primary N) is 1. The first-order chi connectivity index (χ1) is 7.22. The van der Waals surface area contributed by atoms with Crippen molar-refractivity contribution in [3.8, 4) is 0 Å². The minimum absolute atomic E-state index is 0.0438. The number of amides is 1. The van der Waals surface area contributed by atoms with Crippen molar-refractivity contribution in [1.29, 1.82) is 0 Å². The highest BCUT2D eigenvalue weighted by molar-refractivity contribution is 5.84. The van der Waals surface area contributed by atoms with Crippen LogP contribution in [0.1, 0.15) is 32.6 Å². The van der Waals surface area contributed by atoms with Gasteiger partial charge in [-0.25, -0.2) is 4.99 Å². The Labute approximate surface area is 90.5 Å². The Hall–Kier alpha value is -1.26. The molecule has 0 spiro atoms. The van der Waals surface area contributed by atoms with Crippen molar-refractivity contribution in [3.63, 3.8) is 0 Å². The third-order valence-electron chi connectivity index (χ3n) is 2.17. The first-order valence-corrected chi connectivity index (χ1v) is 5.55. The molecule has 0 saturated heterocycles. The van der Waals surface area contributed by atoms with Gasteiger partial charge in [-0.1, -0.05) is 13.3 Å².